The number of hydrogen-bond donors (Lipinski definition) is 0. The summed E-state index contributed by atoms with van der Waals surface area (Å²) >= 11 is 0. The van der Waals surface area contributed by atoms with Crippen LogP contribution in [-0.4, -0.2) is 17.9 Å². The van der Waals surface area contributed by atoms with Crippen molar-refractivity contribution in [3.63, 3.8) is 0 Å². The molecule has 0 amide bonds. The summed E-state index contributed by atoms with van der Waals surface area (Å²) in [5.41, 5.74) is 6.53. The standard InChI is InChI=1S/C28H40O3/c1-17(2)27(30)13-6-18(3)25-11-12-26-24-9-7-20-16-21(31-19(4)29)8-10-22(20)23(24)14-15-28(25,26)5/h7,9,17-18,21,25-26H,6,8,10-16H2,1-5H3/t18-,21+,25-,26+,28-/m1/s1. The number of ketones is 1. The Morgan fingerprint density at radius 2 is 1.87 bits per heavy atom. The molecule has 0 heterocycles. The van der Waals surface area contributed by atoms with Crippen LogP contribution in [0.5, 0.6) is 0 Å². The Hall–Kier alpha value is -1.64. The van der Waals surface area contributed by atoms with E-state index in [9.17, 15) is 9.59 Å². The fourth-order valence-corrected chi connectivity index (χ4v) is 7.20. The first-order valence-electron chi connectivity index (χ1n) is 12.5. The number of hydrogen-bond acceptors (Lipinski definition) is 3. The van der Waals surface area contributed by atoms with Gasteiger partial charge in [0, 0.05) is 25.7 Å². The molecule has 0 unspecified atom stereocenters. The van der Waals surface area contributed by atoms with Crippen LogP contribution in [0.2, 0.25) is 0 Å². The highest BCUT2D eigenvalue weighted by atomic mass is 16.5. The molecule has 1 aromatic carbocycles. The van der Waals surface area contributed by atoms with Gasteiger partial charge in [-0.25, -0.2) is 0 Å². The van der Waals surface area contributed by atoms with Gasteiger partial charge in [0.05, 0.1) is 0 Å². The molecule has 0 aromatic heterocycles. The molecule has 3 aliphatic rings. The third kappa shape index (κ3) is 4.22. The molecule has 0 aliphatic heterocycles. The molecule has 0 spiro atoms. The SMILES string of the molecule is CC(=O)O[C@H]1CCc2c(ccc3c2CC[C@]2(C)[C@@H]([C@H](C)CCC(=O)C(C)C)CC[C@@H]32)C1. The van der Waals surface area contributed by atoms with E-state index in [1.165, 1.54) is 38.2 Å². The molecular formula is C28H40O3. The largest absolute Gasteiger partial charge is 0.462 e. The molecule has 4 rings (SSSR count). The zero-order chi connectivity index (χ0) is 22.3. The van der Waals surface area contributed by atoms with E-state index in [1.807, 2.05) is 13.8 Å². The summed E-state index contributed by atoms with van der Waals surface area (Å²) < 4.78 is 5.51. The van der Waals surface area contributed by atoms with Gasteiger partial charge in [-0.2, -0.15) is 0 Å². The normalized spacial score (nSPS) is 30.3. The number of esters is 1. The van der Waals surface area contributed by atoms with Crippen LogP contribution >= 0.6 is 0 Å². The Bertz CT molecular complexity index is 854. The van der Waals surface area contributed by atoms with E-state index in [-0.39, 0.29) is 18.0 Å². The first-order chi connectivity index (χ1) is 14.7. The molecule has 0 bridgehead atoms. The summed E-state index contributed by atoms with van der Waals surface area (Å²) in [6.45, 7) is 10.5. The summed E-state index contributed by atoms with van der Waals surface area (Å²) in [6.07, 6.45) is 9.71. The lowest BCUT2D eigenvalue weighted by Crippen LogP contribution is -2.36. The Morgan fingerprint density at radius 3 is 2.58 bits per heavy atom. The van der Waals surface area contributed by atoms with E-state index in [1.54, 1.807) is 16.7 Å². The average molecular weight is 425 g/mol. The van der Waals surface area contributed by atoms with Crippen LogP contribution in [0, 0.1) is 23.2 Å². The number of Topliss-reactive ketones (excluding diaryl/α,β-unsaturated/α-hetero) is 1. The highest BCUT2D eigenvalue weighted by Crippen LogP contribution is 2.61. The van der Waals surface area contributed by atoms with Gasteiger partial charge in [-0.05, 0) is 90.4 Å². The van der Waals surface area contributed by atoms with Gasteiger partial charge in [0.2, 0.25) is 0 Å². The van der Waals surface area contributed by atoms with Crippen molar-refractivity contribution in [1.29, 1.82) is 0 Å². The molecule has 1 aromatic rings. The smallest absolute Gasteiger partial charge is 0.302 e. The van der Waals surface area contributed by atoms with Crippen LogP contribution in [0.25, 0.3) is 0 Å². The lowest BCUT2D eigenvalue weighted by Gasteiger charge is -2.45. The van der Waals surface area contributed by atoms with Crippen molar-refractivity contribution in [1.82, 2.24) is 0 Å². The van der Waals surface area contributed by atoms with Crippen LogP contribution in [0.4, 0.5) is 0 Å². The van der Waals surface area contributed by atoms with Crippen LogP contribution in [0.15, 0.2) is 12.1 Å². The van der Waals surface area contributed by atoms with Gasteiger partial charge in [-0.3, -0.25) is 9.59 Å². The van der Waals surface area contributed by atoms with Crippen molar-refractivity contribution in [3.05, 3.63) is 34.4 Å². The molecular weight excluding hydrogens is 384 g/mol. The number of rotatable bonds is 6. The van der Waals surface area contributed by atoms with Crippen molar-refractivity contribution >= 4 is 11.8 Å². The summed E-state index contributed by atoms with van der Waals surface area (Å²) in [4.78, 5) is 23.6. The first-order valence-corrected chi connectivity index (χ1v) is 12.5. The molecule has 1 fully saturated rings. The van der Waals surface area contributed by atoms with Gasteiger partial charge in [0.1, 0.15) is 11.9 Å². The summed E-state index contributed by atoms with van der Waals surface area (Å²) in [5, 5.41) is 0. The van der Waals surface area contributed by atoms with E-state index in [2.05, 4.69) is 26.0 Å². The Morgan fingerprint density at radius 1 is 1.10 bits per heavy atom. The zero-order valence-corrected chi connectivity index (χ0v) is 20.1. The summed E-state index contributed by atoms with van der Waals surface area (Å²) in [6, 6.07) is 4.73. The monoisotopic (exact) mass is 424 g/mol. The summed E-state index contributed by atoms with van der Waals surface area (Å²) in [5.74, 6) is 2.40. The Balaban J connectivity index is 1.51. The number of fused-ring (bicyclic) bond motifs is 5. The van der Waals surface area contributed by atoms with E-state index in [4.69, 9.17) is 4.74 Å². The highest BCUT2D eigenvalue weighted by molar-refractivity contribution is 5.80. The minimum absolute atomic E-state index is 0.0437. The number of carbonyl (C=O) groups excluding carboxylic acids is 2. The lowest BCUT2D eigenvalue weighted by molar-refractivity contribution is -0.146. The molecule has 1 saturated carbocycles. The second kappa shape index (κ2) is 8.71. The molecule has 3 nitrogen and oxygen atoms in total. The molecule has 5 atom stereocenters. The lowest BCUT2D eigenvalue weighted by atomic mass is 9.59. The van der Waals surface area contributed by atoms with Crippen molar-refractivity contribution in [3.8, 4) is 0 Å². The van der Waals surface area contributed by atoms with E-state index >= 15 is 0 Å². The molecule has 3 heteroatoms. The molecule has 0 saturated heterocycles. The van der Waals surface area contributed by atoms with Crippen molar-refractivity contribution in [2.75, 3.05) is 0 Å². The molecule has 31 heavy (non-hydrogen) atoms. The van der Waals surface area contributed by atoms with E-state index in [0.29, 0.717) is 23.0 Å². The van der Waals surface area contributed by atoms with Crippen LogP contribution in [-0.2, 0) is 33.6 Å². The molecule has 3 aliphatic carbocycles. The number of ether oxygens (including phenoxy) is 1. The van der Waals surface area contributed by atoms with Gasteiger partial charge < -0.3 is 4.74 Å². The minimum Gasteiger partial charge on any atom is -0.462 e. The number of benzene rings is 1. The van der Waals surface area contributed by atoms with Gasteiger partial charge in [-0.1, -0.05) is 39.8 Å². The fourth-order valence-electron chi connectivity index (χ4n) is 7.20. The first kappa shape index (κ1) is 22.6. The summed E-state index contributed by atoms with van der Waals surface area (Å²) in [7, 11) is 0. The van der Waals surface area contributed by atoms with Crippen LogP contribution in [0.3, 0.4) is 0 Å². The zero-order valence-electron chi connectivity index (χ0n) is 20.1. The molecule has 0 N–H and O–H groups in total. The van der Waals surface area contributed by atoms with Crippen LogP contribution < -0.4 is 0 Å². The second-order valence-electron chi connectivity index (χ2n) is 11.1. The van der Waals surface area contributed by atoms with Crippen molar-refractivity contribution in [2.45, 2.75) is 104 Å². The predicted molar refractivity (Wildman–Crippen MR) is 124 cm³/mol. The van der Waals surface area contributed by atoms with Gasteiger partial charge in [0.15, 0.2) is 0 Å². The molecule has 170 valence electrons. The topological polar surface area (TPSA) is 43.4 Å². The Labute approximate surface area is 188 Å². The van der Waals surface area contributed by atoms with E-state index < -0.39 is 0 Å². The Kier molecular flexibility index (Phi) is 6.34. The minimum atomic E-state index is -0.164. The average Bonchev–Trinajstić information content (AvgIpc) is 3.08. The third-order valence-corrected chi connectivity index (χ3v) is 8.94. The maximum Gasteiger partial charge on any atom is 0.302 e. The highest BCUT2D eigenvalue weighted by Gasteiger charge is 2.51. The van der Waals surface area contributed by atoms with Gasteiger partial charge in [-0.15, -0.1) is 0 Å². The van der Waals surface area contributed by atoms with Crippen molar-refractivity contribution < 1.29 is 14.3 Å². The third-order valence-electron chi connectivity index (χ3n) is 8.94. The quantitative estimate of drug-likeness (QED) is 0.511. The van der Waals surface area contributed by atoms with Gasteiger partial charge in [0.25, 0.3) is 0 Å². The fraction of sp³-hybridized carbons (Fsp3) is 0.714. The maximum atomic E-state index is 12.2. The van der Waals surface area contributed by atoms with Gasteiger partial charge >= 0.3 is 5.97 Å². The maximum absolute atomic E-state index is 12.2. The predicted octanol–water partition coefficient (Wildman–Crippen LogP) is 6.19. The molecule has 0 radical (unpaired) electrons. The van der Waals surface area contributed by atoms with Crippen molar-refractivity contribution in [2.24, 2.45) is 23.2 Å². The number of carbonyl (C=O) groups is 2. The van der Waals surface area contributed by atoms with Crippen LogP contribution in [0.1, 0.15) is 101 Å². The van der Waals surface area contributed by atoms with E-state index in [0.717, 1.165) is 38.0 Å². The second-order valence-corrected chi connectivity index (χ2v) is 11.1.